The van der Waals surface area contributed by atoms with E-state index in [9.17, 15) is 9.59 Å². The van der Waals surface area contributed by atoms with E-state index in [1.807, 2.05) is 6.92 Å². The van der Waals surface area contributed by atoms with Gasteiger partial charge >= 0.3 is 12.0 Å². The summed E-state index contributed by atoms with van der Waals surface area (Å²) in [7, 11) is 0. The molecule has 0 spiro atoms. The van der Waals surface area contributed by atoms with Crippen LogP contribution in [0.2, 0.25) is 0 Å². The number of carboxylic acid groups (broad SMARTS) is 1. The summed E-state index contributed by atoms with van der Waals surface area (Å²) in [6, 6.07) is -0.0820. The zero-order valence-electron chi connectivity index (χ0n) is 11.8. The van der Waals surface area contributed by atoms with Crippen molar-refractivity contribution in [3.8, 4) is 0 Å². The average molecular weight is 258 g/mol. The maximum Gasteiger partial charge on any atom is 0.315 e. The van der Waals surface area contributed by atoms with Crippen molar-refractivity contribution in [2.75, 3.05) is 6.54 Å². The number of carbonyl (C=O) groups is 2. The van der Waals surface area contributed by atoms with Crippen LogP contribution in [0.4, 0.5) is 4.79 Å². The van der Waals surface area contributed by atoms with E-state index >= 15 is 0 Å². The van der Waals surface area contributed by atoms with Gasteiger partial charge < -0.3 is 15.7 Å². The van der Waals surface area contributed by atoms with E-state index in [1.54, 1.807) is 6.92 Å². The number of rotatable bonds is 8. The highest BCUT2D eigenvalue weighted by Crippen LogP contribution is 2.12. The van der Waals surface area contributed by atoms with Crippen molar-refractivity contribution in [1.82, 2.24) is 10.6 Å². The Morgan fingerprint density at radius 1 is 1.17 bits per heavy atom. The largest absolute Gasteiger partial charge is 0.481 e. The molecule has 0 aliphatic rings. The van der Waals surface area contributed by atoms with Gasteiger partial charge in [-0.05, 0) is 18.8 Å². The molecule has 0 radical (unpaired) electrons. The molecule has 5 heteroatoms. The van der Waals surface area contributed by atoms with Crippen molar-refractivity contribution in [3.63, 3.8) is 0 Å². The molecule has 0 heterocycles. The van der Waals surface area contributed by atoms with Gasteiger partial charge in [0.15, 0.2) is 0 Å². The van der Waals surface area contributed by atoms with Crippen LogP contribution in [0.25, 0.3) is 0 Å². The minimum absolute atomic E-state index is 0.0586. The molecule has 0 saturated heterocycles. The number of aliphatic carboxylic acids is 1. The van der Waals surface area contributed by atoms with Gasteiger partial charge in [-0.25, -0.2) is 4.79 Å². The summed E-state index contributed by atoms with van der Waals surface area (Å²) in [6.45, 7) is 8.41. The molecular formula is C13H26N2O3. The third-order valence-corrected chi connectivity index (χ3v) is 3.25. The van der Waals surface area contributed by atoms with Gasteiger partial charge in [0.25, 0.3) is 0 Å². The van der Waals surface area contributed by atoms with Crippen LogP contribution in [-0.2, 0) is 4.79 Å². The first-order valence-electron chi connectivity index (χ1n) is 6.66. The molecule has 0 aromatic carbocycles. The van der Waals surface area contributed by atoms with Crippen molar-refractivity contribution in [3.05, 3.63) is 0 Å². The van der Waals surface area contributed by atoms with Crippen molar-refractivity contribution in [1.29, 1.82) is 0 Å². The fraction of sp³-hybridized carbons (Fsp3) is 0.846. The van der Waals surface area contributed by atoms with Crippen molar-refractivity contribution in [2.45, 2.75) is 53.0 Å². The topological polar surface area (TPSA) is 78.4 Å². The van der Waals surface area contributed by atoms with Gasteiger partial charge in [0.2, 0.25) is 0 Å². The van der Waals surface area contributed by atoms with Gasteiger partial charge in [0.05, 0.1) is 0 Å². The molecule has 0 aliphatic heterocycles. The monoisotopic (exact) mass is 258 g/mol. The molecule has 18 heavy (non-hydrogen) atoms. The number of nitrogens with one attached hydrogen (secondary N) is 2. The van der Waals surface area contributed by atoms with Crippen LogP contribution in [0.15, 0.2) is 0 Å². The number of urea groups is 1. The molecule has 5 nitrogen and oxygen atoms in total. The maximum absolute atomic E-state index is 11.6. The molecule has 106 valence electrons. The summed E-state index contributed by atoms with van der Waals surface area (Å²) in [4.78, 5) is 22.1. The SMILES string of the molecule is CCC(CC)C(C)NC(=O)NCC(C)CC(=O)O. The Hall–Kier alpha value is -1.26. The standard InChI is InChI=1S/C13H26N2O3/c1-5-11(6-2)10(4)15-13(18)14-8-9(3)7-12(16)17/h9-11H,5-8H2,1-4H3,(H,16,17)(H2,14,15,18). The van der Waals surface area contributed by atoms with Crippen LogP contribution in [0.5, 0.6) is 0 Å². The lowest BCUT2D eigenvalue weighted by molar-refractivity contribution is -0.137. The second-order valence-electron chi connectivity index (χ2n) is 4.92. The normalized spacial score (nSPS) is 14.1. The first kappa shape index (κ1) is 16.7. The third-order valence-electron chi connectivity index (χ3n) is 3.25. The van der Waals surface area contributed by atoms with Gasteiger partial charge in [0.1, 0.15) is 0 Å². The minimum atomic E-state index is -0.838. The summed E-state index contributed by atoms with van der Waals surface area (Å²) in [6.07, 6.45) is 2.14. The van der Waals surface area contributed by atoms with Crippen LogP contribution in [0.1, 0.15) is 47.0 Å². The van der Waals surface area contributed by atoms with Gasteiger partial charge in [-0.1, -0.05) is 33.6 Å². The van der Waals surface area contributed by atoms with Gasteiger partial charge in [0, 0.05) is 19.0 Å². The average Bonchev–Trinajstić information content (AvgIpc) is 2.27. The van der Waals surface area contributed by atoms with Crippen LogP contribution in [0.3, 0.4) is 0 Å². The molecular weight excluding hydrogens is 232 g/mol. The van der Waals surface area contributed by atoms with E-state index in [0.29, 0.717) is 12.5 Å². The second-order valence-corrected chi connectivity index (χ2v) is 4.92. The Bertz CT molecular complexity index is 265. The van der Waals surface area contributed by atoms with E-state index in [-0.39, 0.29) is 24.4 Å². The molecule has 2 atom stereocenters. The smallest absolute Gasteiger partial charge is 0.315 e. The zero-order valence-corrected chi connectivity index (χ0v) is 11.8. The highest BCUT2D eigenvalue weighted by Gasteiger charge is 2.16. The molecule has 0 aromatic heterocycles. The number of hydrogen-bond donors (Lipinski definition) is 3. The van der Waals surface area contributed by atoms with Crippen molar-refractivity contribution >= 4 is 12.0 Å². The molecule has 0 saturated carbocycles. The Morgan fingerprint density at radius 2 is 1.72 bits per heavy atom. The first-order valence-corrected chi connectivity index (χ1v) is 6.66. The Labute approximate surface area is 109 Å². The van der Waals surface area contributed by atoms with Gasteiger partial charge in [-0.2, -0.15) is 0 Å². The van der Waals surface area contributed by atoms with Crippen LogP contribution < -0.4 is 10.6 Å². The molecule has 0 aliphatic carbocycles. The van der Waals surface area contributed by atoms with E-state index in [2.05, 4.69) is 24.5 Å². The lowest BCUT2D eigenvalue weighted by Gasteiger charge is -2.23. The molecule has 0 rings (SSSR count). The number of carboxylic acids is 1. The predicted octanol–water partition coefficient (Wildman–Crippen LogP) is 2.22. The fourth-order valence-corrected chi connectivity index (χ4v) is 2.01. The summed E-state index contributed by atoms with van der Waals surface area (Å²) in [5.74, 6) is -0.418. The quantitative estimate of drug-likeness (QED) is 0.624. The number of hydrogen-bond acceptors (Lipinski definition) is 2. The fourth-order valence-electron chi connectivity index (χ4n) is 2.01. The van der Waals surface area contributed by atoms with E-state index in [4.69, 9.17) is 5.11 Å². The molecule has 0 bridgehead atoms. The third kappa shape index (κ3) is 7.14. The van der Waals surface area contributed by atoms with E-state index in [0.717, 1.165) is 12.8 Å². The summed E-state index contributed by atoms with van der Waals surface area (Å²) in [5.41, 5.74) is 0. The zero-order chi connectivity index (χ0) is 14.1. The Morgan fingerprint density at radius 3 is 2.17 bits per heavy atom. The summed E-state index contributed by atoms with van der Waals surface area (Å²) >= 11 is 0. The Kier molecular flexibility index (Phi) is 8.16. The number of amides is 2. The van der Waals surface area contributed by atoms with Crippen LogP contribution in [-0.4, -0.2) is 29.7 Å². The number of carbonyl (C=O) groups excluding carboxylic acids is 1. The van der Waals surface area contributed by atoms with Crippen LogP contribution in [0, 0.1) is 11.8 Å². The maximum atomic E-state index is 11.6. The highest BCUT2D eigenvalue weighted by atomic mass is 16.4. The van der Waals surface area contributed by atoms with Gasteiger partial charge in [-0.3, -0.25) is 4.79 Å². The van der Waals surface area contributed by atoms with Gasteiger partial charge in [-0.15, -0.1) is 0 Å². The van der Waals surface area contributed by atoms with Crippen LogP contribution >= 0.6 is 0 Å². The molecule has 0 aromatic rings. The first-order chi connectivity index (χ1) is 8.40. The highest BCUT2D eigenvalue weighted by molar-refractivity contribution is 5.74. The minimum Gasteiger partial charge on any atom is -0.481 e. The molecule has 2 amide bonds. The summed E-state index contributed by atoms with van der Waals surface area (Å²) in [5, 5.41) is 14.2. The second kappa shape index (κ2) is 8.78. The molecule has 2 unspecified atom stereocenters. The molecule has 3 N–H and O–H groups in total. The lowest BCUT2D eigenvalue weighted by Crippen LogP contribution is -2.45. The summed E-state index contributed by atoms with van der Waals surface area (Å²) < 4.78 is 0. The van der Waals surface area contributed by atoms with E-state index < -0.39 is 5.97 Å². The van der Waals surface area contributed by atoms with E-state index in [1.165, 1.54) is 0 Å². The van der Waals surface area contributed by atoms with Crippen molar-refractivity contribution < 1.29 is 14.7 Å². The Balaban J connectivity index is 3.93. The van der Waals surface area contributed by atoms with Crippen molar-refractivity contribution in [2.24, 2.45) is 11.8 Å². The lowest BCUT2D eigenvalue weighted by atomic mass is 9.96. The predicted molar refractivity (Wildman–Crippen MR) is 71.5 cm³/mol. The molecule has 0 fully saturated rings.